The highest BCUT2D eigenvalue weighted by atomic mass is 79.9. The van der Waals surface area contributed by atoms with Crippen molar-refractivity contribution < 1.29 is 19.1 Å². The van der Waals surface area contributed by atoms with Crippen molar-refractivity contribution in [3.8, 4) is 5.75 Å². The smallest absolute Gasteiger partial charge is 0.335 e. The molecule has 1 fully saturated rings. The van der Waals surface area contributed by atoms with Gasteiger partial charge in [-0.25, -0.2) is 9.69 Å². The predicted molar refractivity (Wildman–Crippen MR) is 141 cm³/mol. The Balaban J connectivity index is 1.60. The van der Waals surface area contributed by atoms with Crippen LogP contribution >= 0.6 is 59.4 Å². The van der Waals surface area contributed by atoms with E-state index in [2.05, 4.69) is 53.1 Å². The fourth-order valence-electron chi connectivity index (χ4n) is 3.19. The number of urea groups is 1. The molecule has 0 atom stereocenters. The zero-order valence-corrected chi connectivity index (χ0v) is 22.7. The van der Waals surface area contributed by atoms with Crippen molar-refractivity contribution >= 4 is 89.0 Å². The third-order valence-corrected chi connectivity index (χ3v) is 6.77. The Labute approximate surface area is 225 Å². The molecule has 1 N–H and O–H groups in total. The van der Waals surface area contributed by atoms with Crippen molar-refractivity contribution in [1.29, 1.82) is 0 Å². The number of carbonyl (C=O) groups excluding carboxylic acids is 3. The number of imide groups is 2. The van der Waals surface area contributed by atoms with Crippen LogP contribution in [0.25, 0.3) is 6.08 Å². The van der Waals surface area contributed by atoms with Gasteiger partial charge in [0.1, 0.15) is 17.9 Å². The number of rotatable bonds is 5. The topological polar surface area (TPSA) is 75.7 Å². The van der Waals surface area contributed by atoms with Crippen LogP contribution in [-0.2, 0) is 16.2 Å². The Morgan fingerprint density at radius 1 is 0.912 bits per heavy atom. The maximum atomic E-state index is 13.1. The van der Waals surface area contributed by atoms with Gasteiger partial charge in [0, 0.05) is 9.50 Å². The van der Waals surface area contributed by atoms with Gasteiger partial charge in [0.25, 0.3) is 11.8 Å². The van der Waals surface area contributed by atoms with Crippen molar-refractivity contribution in [2.45, 2.75) is 6.61 Å². The Morgan fingerprint density at radius 2 is 1.53 bits per heavy atom. The number of amides is 4. The number of ether oxygens (including phenoxy) is 1. The van der Waals surface area contributed by atoms with Crippen LogP contribution in [0, 0.1) is 0 Å². The van der Waals surface area contributed by atoms with E-state index in [9.17, 15) is 14.4 Å². The minimum atomic E-state index is -0.803. The molecule has 0 aromatic heterocycles. The van der Waals surface area contributed by atoms with Gasteiger partial charge in [-0.15, -0.1) is 0 Å². The first-order valence-electron chi connectivity index (χ1n) is 9.76. The second-order valence-electron chi connectivity index (χ2n) is 7.16. The summed E-state index contributed by atoms with van der Waals surface area (Å²) in [5.41, 5.74) is 1.67. The molecule has 0 spiro atoms. The highest BCUT2D eigenvalue weighted by Crippen LogP contribution is 2.36. The average Bonchev–Trinajstić information content (AvgIpc) is 2.78. The first-order chi connectivity index (χ1) is 16.2. The first-order valence-corrected chi connectivity index (χ1v) is 12.5. The van der Waals surface area contributed by atoms with Gasteiger partial charge in [-0.05, 0) is 97.6 Å². The van der Waals surface area contributed by atoms with Gasteiger partial charge < -0.3 is 4.74 Å². The molecule has 1 heterocycles. The Hall–Kier alpha value is -2.46. The summed E-state index contributed by atoms with van der Waals surface area (Å²) in [6.45, 7) is 0.319. The number of halogens is 4. The number of nitrogens with zero attached hydrogens (tertiary/aromatic N) is 1. The van der Waals surface area contributed by atoms with Gasteiger partial charge in [-0.2, -0.15) is 0 Å². The lowest BCUT2D eigenvalue weighted by molar-refractivity contribution is -0.122. The van der Waals surface area contributed by atoms with Gasteiger partial charge >= 0.3 is 6.03 Å². The van der Waals surface area contributed by atoms with Crippen LogP contribution in [0.1, 0.15) is 11.1 Å². The van der Waals surface area contributed by atoms with E-state index in [1.54, 1.807) is 48.5 Å². The van der Waals surface area contributed by atoms with E-state index >= 15 is 0 Å². The molecule has 0 unspecified atom stereocenters. The molecule has 34 heavy (non-hydrogen) atoms. The van der Waals surface area contributed by atoms with Gasteiger partial charge in [0.05, 0.1) is 14.6 Å². The number of carbonyl (C=O) groups is 3. The zero-order chi connectivity index (χ0) is 24.4. The summed E-state index contributed by atoms with van der Waals surface area (Å²) >= 11 is 16.2. The molecule has 10 heteroatoms. The molecule has 3 aromatic carbocycles. The maximum absolute atomic E-state index is 13.1. The SMILES string of the molecule is O=C1NC(=O)N(c2ccc(Br)cc2)C(=O)/C1=C/c1cc(Br)c(OCc2ccc(Cl)cc2)c(Br)c1. The van der Waals surface area contributed by atoms with E-state index in [0.29, 0.717) is 37.6 Å². The molecule has 0 radical (unpaired) electrons. The van der Waals surface area contributed by atoms with E-state index in [0.717, 1.165) is 14.9 Å². The summed E-state index contributed by atoms with van der Waals surface area (Å²) in [4.78, 5) is 38.8. The fraction of sp³-hybridized carbons (Fsp3) is 0.0417. The van der Waals surface area contributed by atoms with Gasteiger partial charge in [-0.1, -0.05) is 39.7 Å². The molecule has 1 aliphatic rings. The Bertz CT molecular complexity index is 1300. The number of barbiturate groups is 1. The number of hydrogen-bond acceptors (Lipinski definition) is 4. The third-order valence-electron chi connectivity index (χ3n) is 4.81. The molecular weight excluding hydrogens is 655 g/mol. The van der Waals surface area contributed by atoms with E-state index in [1.165, 1.54) is 6.08 Å². The molecule has 0 saturated carbocycles. The third kappa shape index (κ3) is 5.43. The van der Waals surface area contributed by atoms with E-state index in [1.807, 2.05) is 12.1 Å². The lowest BCUT2D eigenvalue weighted by Gasteiger charge is -2.26. The van der Waals surface area contributed by atoms with Crippen LogP contribution in [0.3, 0.4) is 0 Å². The molecule has 1 aliphatic heterocycles. The van der Waals surface area contributed by atoms with E-state index in [-0.39, 0.29) is 5.57 Å². The summed E-state index contributed by atoms with van der Waals surface area (Å²) in [7, 11) is 0. The van der Waals surface area contributed by atoms with E-state index in [4.69, 9.17) is 16.3 Å². The van der Waals surface area contributed by atoms with Gasteiger partial charge in [-0.3, -0.25) is 14.9 Å². The van der Waals surface area contributed by atoms with Crippen LogP contribution < -0.4 is 15.0 Å². The average molecular weight is 670 g/mol. The minimum absolute atomic E-state index is 0.170. The second-order valence-corrected chi connectivity index (χ2v) is 10.2. The van der Waals surface area contributed by atoms with Crippen molar-refractivity contribution in [2.24, 2.45) is 0 Å². The number of hydrogen-bond donors (Lipinski definition) is 1. The summed E-state index contributed by atoms with van der Waals surface area (Å²) in [5, 5.41) is 2.86. The van der Waals surface area contributed by atoms with Gasteiger partial charge in [0.2, 0.25) is 0 Å². The van der Waals surface area contributed by atoms with Crippen LogP contribution in [0.4, 0.5) is 10.5 Å². The predicted octanol–water partition coefficient (Wildman–Crippen LogP) is 6.87. The van der Waals surface area contributed by atoms with Crippen LogP contribution in [0.2, 0.25) is 5.02 Å². The molecule has 0 bridgehead atoms. The standard InChI is InChI=1S/C24H14Br3ClN2O4/c25-15-3-7-17(8-4-15)30-23(32)18(22(31)29-24(30)33)9-14-10-19(26)21(20(27)11-14)34-12-13-1-5-16(28)6-2-13/h1-11H,12H2,(H,29,31,33)/b18-9+. The van der Waals surface area contributed by atoms with Gasteiger partial charge in [0.15, 0.2) is 0 Å². The lowest BCUT2D eigenvalue weighted by Crippen LogP contribution is -2.54. The summed E-state index contributed by atoms with van der Waals surface area (Å²) in [6.07, 6.45) is 1.43. The highest BCUT2D eigenvalue weighted by Gasteiger charge is 2.36. The van der Waals surface area contributed by atoms with Crippen LogP contribution in [0.15, 0.2) is 79.7 Å². The summed E-state index contributed by atoms with van der Waals surface area (Å²) < 4.78 is 7.95. The number of nitrogens with one attached hydrogen (secondary N) is 1. The van der Waals surface area contributed by atoms with Crippen molar-refractivity contribution in [3.63, 3.8) is 0 Å². The van der Waals surface area contributed by atoms with Crippen LogP contribution in [0.5, 0.6) is 5.75 Å². The van der Waals surface area contributed by atoms with Crippen LogP contribution in [-0.4, -0.2) is 17.8 Å². The monoisotopic (exact) mass is 666 g/mol. The molecule has 4 amide bonds. The highest BCUT2D eigenvalue weighted by molar-refractivity contribution is 9.11. The molecule has 0 aliphatic carbocycles. The molecule has 1 saturated heterocycles. The normalized spacial score (nSPS) is 15.0. The largest absolute Gasteiger partial charge is 0.487 e. The summed E-state index contributed by atoms with van der Waals surface area (Å²) in [6, 6.07) is 16.6. The Kier molecular flexibility index (Phi) is 7.57. The second kappa shape index (κ2) is 10.4. The minimum Gasteiger partial charge on any atom is -0.487 e. The Morgan fingerprint density at radius 3 is 2.15 bits per heavy atom. The first kappa shape index (κ1) is 24.7. The zero-order valence-electron chi connectivity index (χ0n) is 17.2. The van der Waals surface area contributed by atoms with Crippen molar-refractivity contribution in [1.82, 2.24) is 5.32 Å². The lowest BCUT2D eigenvalue weighted by atomic mass is 10.1. The molecule has 4 rings (SSSR count). The molecule has 6 nitrogen and oxygen atoms in total. The van der Waals surface area contributed by atoms with Crippen molar-refractivity contribution in [3.05, 3.63) is 95.8 Å². The summed E-state index contributed by atoms with van der Waals surface area (Å²) in [5.74, 6) is -0.923. The maximum Gasteiger partial charge on any atom is 0.335 e. The number of anilines is 1. The molecular formula is C24H14Br3ClN2O4. The molecule has 172 valence electrons. The molecule has 3 aromatic rings. The van der Waals surface area contributed by atoms with Crippen molar-refractivity contribution in [2.75, 3.05) is 4.90 Å². The van der Waals surface area contributed by atoms with E-state index < -0.39 is 17.8 Å². The quantitative estimate of drug-likeness (QED) is 0.238. The number of benzene rings is 3. The fourth-order valence-corrected chi connectivity index (χ4v) is 5.03.